The second kappa shape index (κ2) is 5.77. The Bertz CT molecular complexity index is 549. The predicted octanol–water partition coefficient (Wildman–Crippen LogP) is 2.46. The molecule has 0 fully saturated rings. The number of rotatable bonds is 4. The van der Waals surface area contributed by atoms with E-state index in [9.17, 15) is 0 Å². The van der Waals surface area contributed by atoms with Crippen LogP contribution < -0.4 is 11.3 Å². The van der Waals surface area contributed by atoms with E-state index in [0.717, 1.165) is 12.0 Å². The molecule has 2 rings (SSSR count). The van der Waals surface area contributed by atoms with E-state index in [1.165, 1.54) is 11.1 Å². The molecule has 0 saturated heterocycles. The Balaban J connectivity index is 2.12. The number of aromatic nitrogens is 2. The number of aryl methyl sites for hydroxylation is 1. The first-order valence-corrected chi connectivity index (χ1v) is 6.94. The van der Waals surface area contributed by atoms with Crippen LogP contribution in [0.25, 0.3) is 0 Å². The van der Waals surface area contributed by atoms with E-state index in [0.29, 0.717) is 0 Å². The molecule has 1 aromatic heterocycles. The van der Waals surface area contributed by atoms with Crippen LogP contribution in [0.4, 0.5) is 0 Å². The van der Waals surface area contributed by atoms with Crippen molar-refractivity contribution < 1.29 is 0 Å². The summed E-state index contributed by atoms with van der Waals surface area (Å²) >= 11 is 0. The van der Waals surface area contributed by atoms with Gasteiger partial charge in [0.15, 0.2) is 0 Å². The Hall–Kier alpha value is -1.65. The van der Waals surface area contributed by atoms with Crippen LogP contribution in [0.1, 0.15) is 43.5 Å². The van der Waals surface area contributed by atoms with E-state index < -0.39 is 0 Å². The summed E-state index contributed by atoms with van der Waals surface area (Å²) in [5.74, 6) is 5.67. The average molecular weight is 272 g/mol. The molecule has 0 amide bonds. The molecule has 108 valence electrons. The van der Waals surface area contributed by atoms with Gasteiger partial charge in [0.25, 0.3) is 0 Å². The lowest BCUT2D eigenvalue weighted by atomic mass is 9.86. The van der Waals surface area contributed by atoms with Gasteiger partial charge in [-0.1, -0.05) is 45.0 Å². The van der Waals surface area contributed by atoms with Gasteiger partial charge in [-0.2, -0.15) is 5.10 Å². The van der Waals surface area contributed by atoms with E-state index in [2.05, 4.69) is 55.6 Å². The third-order valence-electron chi connectivity index (χ3n) is 3.59. The molecule has 1 unspecified atom stereocenters. The van der Waals surface area contributed by atoms with Crippen LogP contribution >= 0.6 is 0 Å². The molecule has 2 aromatic rings. The van der Waals surface area contributed by atoms with E-state index in [-0.39, 0.29) is 11.5 Å². The molecule has 0 aliphatic carbocycles. The lowest BCUT2D eigenvalue weighted by Crippen LogP contribution is -2.29. The van der Waals surface area contributed by atoms with Crippen LogP contribution in [0.3, 0.4) is 0 Å². The molecular weight excluding hydrogens is 248 g/mol. The maximum absolute atomic E-state index is 5.67. The number of nitrogens with one attached hydrogen (secondary N) is 1. The van der Waals surface area contributed by atoms with Crippen molar-refractivity contribution in [2.45, 2.75) is 38.6 Å². The molecule has 3 N–H and O–H groups in total. The van der Waals surface area contributed by atoms with Gasteiger partial charge < -0.3 is 0 Å². The summed E-state index contributed by atoms with van der Waals surface area (Å²) in [6, 6.07) is 8.85. The van der Waals surface area contributed by atoms with Gasteiger partial charge in [-0.15, -0.1) is 0 Å². The molecule has 0 radical (unpaired) electrons. The van der Waals surface area contributed by atoms with Gasteiger partial charge in [0, 0.05) is 18.8 Å². The van der Waals surface area contributed by atoms with Crippen LogP contribution in [0.15, 0.2) is 36.7 Å². The molecular formula is C16H24N4. The molecule has 1 heterocycles. The topological polar surface area (TPSA) is 55.9 Å². The highest BCUT2D eigenvalue weighted by Crippen LogP contribution is 2.24. The maximum atomic E-state index is 5.67. The van der Waals surface area contributed by atoms with Crippen molar-refractivity contribution in [1.82, 2.24) is 15.2 Å². The smallest absolute Gasteiger partial charge is 0.0538 e. The highest BCUT2D eigenvalue weighted by atomic mass is 15.3. The Morgan fingerprint density at radius 1 is 1.25 bits per heavy atom. The van der Waals surface area contributed by atoms with Crippen molar-refractivity contribution in [1.29, 1.82) is 0 Å². The molecule has 0 bridgehead atoms. The van der Waals surface area contributed by atoms with Crippen molar-refractivity contribution in [3.63, 3.8) is 0 Å². The number of hydrogen-bond donors (Lipinski definition) is 2. The summed E-state index contributed by atoms with van der Waals surface area (Å²) in [6.45, 7) is 6.67. The van der Waals surface area contributed by atoms with E-state index in [1.54, 1.807) is 4.68 Å². The quantitative estimate of drug-likeness (QED) is 0.664. The van der Waals surface area contributed by atoms with Gasteiger partial charge in [0.1, 0.15) is 0 Å². The standard InChI is InChI=1S/C16H24N4/c1-16(2,3)14-7-5-12(6-8-14)9-15(19-17)13-10-18-20(4)11-13/h5-8,10-11,15,19H,9,17H2,1-4H3. The van der Waals surface area contributed by atoms with Crippen LogP contribution in [0, 0.1) is 0 Å². The third-order valence-corrected chi connectivity index (χ3v) is 3.59. The van der Waals surface area contributed by atoms with Crippen LogP contribution in [0.2, 0.25) is 0 Å². The molecule has 20 heavy (non-hydrogen) atoms. The normalized spacial score (nSPS) is 13.4. The molecule has 1 aromatic carbocycles. The summed E-state index contributed by atoms with van der Waals surface area (Å²) in [4.78, 5) is 0. The zero-order chi connectivity index (χ0) is 14.8. The highest BCUT2D eigenvalue weighted by molar-refractivity contribution is 5.29. The highest BCUT2D eigenvalue weighted by Gasteiger charge is 2.15. The lowest BCUT2D eigenvalue weighted by Gasteiger charge is -2.20. The number of hydrogen-bond acceptors (Lipinski definition) is 3. The zero-order valence-electron chi connectivity index (χ0n) is 12.7. The van der Waals surface area contributed by atoms with Crippen LogP contribution in [-0.2, 0) is 18.9 Å². The van der Waals surface area contributed by atoms with Gasteiger partial charge in [0.2, 0.25) is 0 Å². The monoisotopic (exact) mass is 272 g/mol. The summed E-state index contributed by atoms with van der Waals surface area (Å²) in [5.41, 5.74) is 6.78. The molecule has 0 spiro atoms. The van der Waals surface area contributed by atoms with Crippen molar-refractivity contribution in [2.75, 3.05) is 0 Å². The summed E-state index contributed by atoms with van der Waals surface area (Å²) < 4.78 is 1.79. The van der Waals surface area contributed by atoms with E-state index in [1.807, 2.05) is 19.4 Å². The fraction of sp³-hybridized carbons (Fsp3) is 0.438. The zero-order valence-corrected chi connectivity index (χ0v) is 12.7. The van der Waals surface area contributed by atoms with Gasteiger partial charge in [0.05, 0.1) is 12.2 Å². The molecule has 0 aliphatic heterocycles. The molecule has 0 aliphatic rings. The summed E-state index contributed by atoms with van der Waals surface area (Å²) in [7, 11) is 1.91. The van der Waals surface area contributed by atoms with Crippen molar-refractivity contribution in [3.05, 3.63) is 53.3 Å². The number of benzene rings is 1. The summed E-state index contributed by atoms with van der Waals surface area (Å²) in [5, 5.41) is 4.19. The Labute approximate surface area is 121 Å². The SMILES string of the molecule is Cn1cc(C(Cc2ccc(C(C)(C)C)cc2)NN)cn1. The second-order valence-electron chi connectivity index (χ2n) is 6.32. The lowest BCUT2D eigenvalue weighted by molar-refractivity contribution is 0.550. The molecule has 1 atom stereocenters. The second-order valence-corrected chi connectivity index (χ2v) is 6.32. The number of hydrazine groups is 1. The number of nitrogens with zero attached hydrogens (tertiary/aromatic N) is 2. The molecule has 4 nitrogen and oxygen atoms in total. The Kier molecular flexibility index (Phi) is 4.26. The maximum Gasteiger partial charge on any atom is 0.0538 e. The largest absolute Gasteiger partial charge is 0.275 e. The van der Waals surface area contributed by atoms with Gasteiger partial charge in [-0.3, -0.25) is 16.0 Å². The van der Waals surface area contributed by atoms with E-state index >= 15 is 0 Å². The molecule has 0 saturated carbocycles. The Morgan fingerprint density at radius 2 is 1.90 bits per heavy atom. The average Bonchev–Trinajstić information content (AvgIpc) is 2.82. The van der Waals surface area contributed by atoms with Gasteiger partial charge >= 0.3 is 0 Å². The predicted molar refractivity (Wildman–Crippen MR) is 82.1 cm³/mol. The fourth-order valence-corrected chi connectivity index (χ4v) is 2.27. The van der Waals surface area contributed by atoms with E-state index in [4.69, 9.17) is 5.84 Å². The van der Waals surface area contributed by atoms with Crippen molar-refractivity contribution in [2.24, 2.45) is 12.9 Å². The first-order valence-electron chi connectivity index (χ1n) is 6.94. The minimum atomic E-state index is 0.0872. The molecule has 4 heteroatoms. The minimum absolute atomic E-state index is 0.0872. The first-order chi connectivity index (χ1) is 9.40. The minimum Gasteiger partial charge on any atom is -0.275 e. The van der Waals surface area contributed by atoms with Gasteiger partial charge in [-0.05, 0) is 23.0 Å². The van der Waals surface area contributed by atoms with Crippen molar-refractivity contribution >= 4 is 0 Å². The Morgan fingerprint density at radius 3 is 2.35 bits per heavy atom. The summed E-state index contributed by atoms with van der Waals surface area (Å²) in [6.07, 6.45) is 4.70. The first kappa shape index (κ1) is 14.8. The van der Waals surface area contributed by atoms with Gasteiger partial charge in [-0.25, -0.2) is 0 Å². The fourth-order valence-electron chi connectivity index (χ4n) is 2.27. The van der Waals surface area contributed by atoms with Crippen LogP contribution in [-0.4, -0.2) is 9.78 Å². The number of nitrogens with two attached hydrogens (primary N) is 1. The third kappa shape index (κ3) is 3.46. The van der Waals surface area contributed by atoms with Crippen LogP contribution in [0.5, 0.6) is 0 Å². The van der Waals surface area contributed by atoms with Crippen molar-refractivity contribution in [3.8, 4) is 0 Å².